The number of thiazole rings is 1. The average molecular weight is 463 g/mol. The van der Waals surface area contributed by atoms with Gasteiger partial charge in [-0.1, -0.05) is 15.9 Å². The van der Waals surface area contributed by atoms with Gasteiger partial charge in [-0.15, -0.1) is 11.3 Å². The van der Waals surface area contributed by atoms with Gasteiger partial charge in [-0.05, 0) is 25.0 Å². The van der Waals surface area contributed by atoms with Crippen LogP contribution in [-0.2, 0) is 17.8 Å². The number of nitrogens with one attached hydrogen (secondary N) is 3. The Labute approximate surface area is 172 Å². The minimum Gasteiger partial charge on any atom is -0.374 e. The van der Waals surface area contributed by atoms with Gasteiger partial charge in [0.15, 0.2) is 11.2 Å². The molecular weight excluding hydrogens is 447 g/mol. The Balaban J connectivity index is 1.63. The molecule has 3 heterocycles. The van der Waals surface area contributed by atoms with E-state index in [0.29, 0.717) is 15.3 Å². The molecule has 1 atom stereocenters. The van der Waals surface area contributed by atoms with Gasteiger partial charge < -0.3 is 15.3 Å². The fourth-order valence-corrected chi connectivity index (χ4v) is 4.15. The average Bonchev–Trinajstić information content (AvgIpc) is 3.36. The Morgan fingerprint density at radius 1 is 1.43 bits per heavy atom. The summed E-state index contributed by atoms with van der Waals surface area (Å²) in [4.78, 5) is 21.4. The molecule has 1 aliphatic heterocycles. The summed E-state index contributed by atoms with van der Waals surface area (Å²) in [6.45, 7) is 0.866. The highest BCUT2D eigenvalue weighted by atomic mass is 79.9. The number of halogens is 2. The standard InChI is InChI=1S/C18H16BrFN6OS/c19-10-6-12(20)11(13(21)7-10)8-23-16(17(27)25-18-22-3-5-28-18)15-14-2-1-4-26(14)9-24-15/h3,5-9,16,21,23H,1-2,4H2,(H,22,25,27)/b11-8-,21-13?. The van der Waals surface area contributed by atoms with Crippen molar-refractivity contribution in [2.45, 2.75) is 25.4 Å². The summed E-state index contributed by atoms with van der Waals surface area (Å²) >= 11 is 4.48. The third kappa shape index (κ3) is 3.69. The number of hydrogen-bond donors (Lipinski definition) is 3. The van der Waals surface area contributed by atoms with E-state index in [1.807, 2.05) is 4.57 Å². The van der Waals surface area contributed by atoms with Crippen molar-refractivity contribution in [2.75, 3.05) is 5.32 Å². The highest BCUT2D eigenvalue weighted by molar-refractivity contribution is 9.11. The largest absolute Gasteiger partial charge is 0.374 e. The van der Waals surface area contributed by atoms with E-state index in [4.69, 9.17) is 5.41 Å². The topological polar surface area (TPSA) is 95.7 Å². The van der Waals surface area contributed by atoms with Gasteiger partial charge in [0.2, 0.25) is 0 Å². The summed E-state index contributed by atoms with van der Waals surface area (Å²) < 4.78 is 16.8. The Morgan fingerprint density at radius 3 is 3.04 bits per heavy atom. The molecule has 144 valence electrons. The number of carbonyl (C=O) groups is 1. The number of carbonyl (C=O) groups excluding carboxylic acids is 1. The maximum Gasteiger partial charge on any atom is 0.254 e. The van der Waals surface area contributed by atoms with Gasteiger partial charge >= 0.3 is 0 Å². The predicted molar refractivity (Wildman–Crippen MR) is 109 cm³/mol. The van der Waals surface area contributed by atoms with Crippen molar-refractivity contribution in [3.05, 3.63) is 63.5 Å². The molecule has 0 spiro atoms. The number of imidazole rings is 1. The third-order valence-corrected chi connectivity index (χ3v) is 5.62. The smallest absolute Gasteiger partial charge is 0.254 e. The van der Waals surface area contributed by atoms with Crippen molar-refractivity contribution >= 4 is 44.0 Å². The Bertz CT molecular complexity index is 1020. The lowest BCUT2D eigenvalue weighted by atomic mass is 10.0. The van der Waals surface area contributed by atoms with E-state index in [-0.39, 0.29) is 17.2 Å². The van der Waals surface area contributed by atoms with Crippen molar-refractivity contribution in [2.24, 2.45) is 0 Å². The first-order valence-corrected chi connectivity index (χ1v) is 10.2. The molecule has 4 rings (SSSR count). The van der Waals surface area contributed by atoms with Gasteiger partial charge in [0.05, 0.1) is 23.3 Å². The fourth-order valence-electron chi connectivity index (χ4n) is 3.19. The number of aryl methyl sites for hydroxylation is 1. The van der Waals surface area contributed by atoms with Gasteiger partial charge in [-0.2, -0.15) is 0 Å². The number of aromatic nitrogens is 3. The van der Waals surface area contributed by atoms with Gasteiger partial charge in [0.25, 0.3) is 5.91 Å². The van der Waals surface area contributed by atoms with Crippen LogP contribution in [0.1, 0.15) is 23.9 Å². The number of rotatable bonds is 5. The molecule has 10 heteroatoms. The normalized spacial score (nSPS) is 18.5. The Hall–Kier alpha value is -2.59. The number of hydrogen-bond acceptors (Lipinski definition) is 6. The van der Waals surface area contributed by atoms with Gasteiger partial charge in [0, 0.05) is 34.5 Å². The van der Waals surface area contributed by atoms with E-state index >= 15 is 0 Å². The molecule has 0 saturated heterocycles. The van der Waals surface area contributed by atoms with Crippen LogP contribution in [0, 0.1) is 5.41 Å². The molecule has 0 fully saturated rings. The highest BCUT2D eigenvalue weighted by Crippen LogP contribution is 2.27. The van der Waals surface area contributed by atoms with Crippen LogP contribution in [-0.4, -0.2) is 26.2 Å². The van der Waals surface area contributed by atoms with Gasteiger partial charge in [-0.25, -0.2) is 14.4 Å². The van der Waals surface area contributed by atoms with Crippen LogP contribution in [0.5, 0.6) is 0 Å². The number of anilines is 1. The SMILES string of the molecule is N=C1C=C(Br)C=C(F)/C1=C/NC(C(=O)Nc1nccs1)c1ncn2c1CCC2. The molecule has 3 N–H and O–H groups in total. The maximum atomic E-state index is 14.3. The summed E-state index contributed by atoms with van der Waals surface area (Å²) in [6.07, 6.45) is 9.28. The van der Waals surface area contributed by atoms with Crippen molar-refractivity contribution < 1.29 is 9.18 Å². The molecule has 0 radical (unpaired) electrons. The lowest BCUT2D eigenvalue weighted by Crippen LogP contribution is -2.32. The highest BCUT2D eigenvalue weighted by Gasteiger charge is 2.29. The Kier molecular flexibility index (Phi) is 5.23. The summed E-state index contributed by atoms with van der Waals surface area (Å²) in [7, 11) is 0. The fraction of sp³-hybridized carbons (Fsp3) is 0.222. The number of nitrogens with zero attached hydrogens (tertiary/aromatic N) is 3. The van der Waals surface area contributed by atoms with E-state index in [0.717, 1.165) is 25.1 Å². The van der Waals surface area contributed by atoms with E-state index in [1.54, 1.807) is 17.9 Å². The second kappa shape index (κ2) is 7.80. The first-order chi connectivity index (χ1) is 13.5. The summed E-state index contributed by atoms with van der Waals surface area (Å²) in [5, 5.41) is 16.0. The van der Waals surface area contributed by atoms with Gasteiger partial charge in [-0.3, -0.25) is 10.1 Å². The molecule has 1 amide bonds. The number of amides is 1. The Morgan fingerprint density at radius 2 is 2.29 bits per heavy atom. The predicted octanol–water partition coefficient (Wildman–Crippen LogP) is 3.60. The summed E-state index contributed by atoms with van der Waals surface area (Å²) in [6, 6.07) is -0.833. The first kappa shape index (κ1) is 18.8. The van der Waals surface area contributed by atoms with E-state index in [1.165, 1.54) is 29.7 Å². The molecule has 1 unspecified atom stereocenters. The van der Waals surface area contributed by atoms with Crippen LogP contribution < -0.4 is 10.6 Å². The van der Waals surface area contributed by atoms with E-state index < -0.39 is 11.9 Å². The zero-order valence-corrected chi connectivity index (χ0v) is 17.0. The number of allylic oxidation sites excluding steroid dienone is 5. The lowest BCUT2D eigenvalue weighted by molar-refractivity contribution is -0.118. The van der Waals surface area contributed by atoms with Crippen LogP contribution >= 0.6 is 27.3 Å². The monoisotopic (exact) mass is 462 g/mol. The summed E-state index contributed by atoms with van der Waals surface area (Å²) in [5.41, 5.74) is 1.68. The number of fused-ring (bicyclic) bond motifs is 1. The molecule has 7 nitrogen and oxygen atoms in total. The minimum absolute atomic E-state index is 0.00789. The molecule has 1 aliphatic carbocycles. The quantitative estimate of drug-likeness (QED) is 0.632. The van der Waals surface area contributed by atoms with Crippen molar-refractivity contribution in [1.82, 2.24) is 19.9 Å². The maximum absolute atomic E-state index is 14.3. The second-order valence-corrected chi connectivity index (χ2v) is 8.10. The zero-order chi connectivity index (χ0) is 19.7. The molecular formula is C18H16BrFN6OS. The van der Waals surface area contributed by atoms with E-state index in [9.17, 15) is 9.18 Å². The molecule has 2 aliphatic rings. The van der Waals surface area contributed by atoms with Crippen LogP contribution in [0.4, 0.5) is 9.52 Å². The van der Waals surface area contributed by atoms with Gasteiger partial charge in [0.1, 0.15) is 5.83 Å². The molecule has 2 aromatic heterocycles. The van der Waals surface area contributed by atoms with Crippen molar-refractivity contribution in [1.29, 1.82) is 5.41 Å². The lowest BCUT2D eigenvalue weighted by Gasteiger charge is -2.18. The molecule has 0 saturated carbocycles. The molecule has 0 bridgehead atoms. The van der Waals surface area contributed by atoms with Crippen LogP contribution in [0.25, 0.3) is 0 Å². The first-order valence-electron chi connectivity index (χ1n) is 8.57. The molecule has 28 heavy (non-hydrogen) atoms. The molecule has 2 aromatic rings. The van der Waals surface area contributed by atoms with E-state index in [2.05, 4.69) is 36.5 Å². The third-order valence-electron chi connectivity index (χ3n) is 4.48. The summed E-state index contributed by atoms with van der Waals surface area (Å²) in [5.74, 6) is -0.898. The van der Waals surface area contributed by atoms with Crippen LogP contribution in [0.2, 0.25) is 0 Å². The zero-order valence-electron chi connectivity index (χ0n) is 14.6. The molecule has 0 aromatic carbocycles. The van der Waals surface area contributed by atoms with Crippen LogP contribution in [0.3, 0.4) is 0 Å². The van der Waals surface area contributed by atoms with Crippen LogP contribution in [0.15, 0.2) is 52.1 Å². The van der Waals surface area contributed by atoms with Crippen molar-refractivity contribution in [3.63, 3.8) is 0 Å². The van der Waals surface area contributed by atoms with Crippen molar-refractivity contribution in [3.8, 4) is 0 Å². The minimum atomic E-state index is -0.833. The second-order valence-electron chi connectivity index (χ2n) is 6.29.